The van der Waals surface area contributed by atoms with E-state index in [0.717, 1.165) is 5.56 Å². The van der Waals surface area contributed by atoms with Crippen LogP contribution in [0.1, 0.15) is 18.4 Å². The molecular formula is C20H21Cl2N3O4S. The molecule has 0 saturated carbocycles. The summed E-state index contributed by atoms with van der Waals surface area (Å²) in [5, 5.41) is 3.29. The van der Waals surface area contributed by atoms with Crippen molar-refractivity contribution in [3.05, 3.63) is 58.1 Å². The number of amides is 2. The molecule has 2 aromatic carbocycles. The van der Waals surface area contributed by atoms with Gasteiger partial charge in [-0.05, 0) is 55.9 Å². The van der Waals surface area contributed by atoms with Crippen molar-refractivity contribution in [2.45, 2.75) is 19.8 Å². The van der Waals surface area contributed by atoms with Crippen LogP contribution in [0.5, 0.6) is 11.5 Å². The third kappa shape index (κ3) is 8.86. The number of ether oxygens (including phenoxy) is 2. The molecule has 0 radical (unpaired) electrons. The van der Waals surface area contributed by atoms with Gasteiger partial charge in [0, 0.05) is 11.4 Å². The first kappa shape index (κ1) is 23.7. The number of nitrogens with one attached hydrogen (secondary N) is 3. The first-order chi connectivity index (χ1) is 14.3. The normalized spacial score (nSPS) is 10.1. The average molecular weight is 470 g/mol. The molecule has 10 heteroatoms. The topological polar surface area (TPSA) is 88.7 Å². The molecule has 0 spiro atoms. The SMILES string of the molecule is Cc1ccc(OCC(=O)NC(=S)NNC(=O)CCCOc2ccc(Cl)cc2Cl)cc1. The first-order valence-electron chi connectivity index (χ1n) is 8.99. The lowest BCUT2D eigenvalue weighted by atomic mass is 10.2. The fraction of sp³-hybridized carbons (Fsp3) is 0.250. The summed E-state index contributed by atoms with van der Waals surface area (Å²) in [5.74, 6) is 0.310. The van der Waals surface area contributed by atoms with Gasteiger partial charge in [-0.25, -0.2) is 0 Å². The maximum atomic E-state index is 11.8. The Morgan fingerprint density at radius 3 is 2.43 bits per heavy atom. The fourth-order valence-electron chi connectivity index (χ4n) is 2.17. The Kier molecular flexibility index (Phi) is 9.66. The molecule has 0 saturated heterocycles. The lowest BCUT2D eigenvalue weighted by Crippen LogP contribution is -2.49. The van der Waals surface area contributed by atoms with Gasteiger partial charge in [0.2, 0.25) is 5.91 Å². The van der Waals surface area contributed by atoms with Crippen molar-refractivity contribution in [2.75, 3.05) is 13.2 Å². The zero-order valence-electron chi connectivity index (χ0n) is 16.2. The minimum Gasteiger partial charge on any atom is -0.492 e. The van der Waals surface area contributed by atoms with Crippen LogP contribution in [0, 0.1) is 6.92 Å². The number of carbonyl (C=O) groups is 2. The summed E-state index contributed by atoms with van der Waals surface area (Å²) in [6.45, 7) is 2.05. The van der Waals surface area contributed by atoms with Crippen LogP contribution in [-0.2, 0) is 9.59 Å². The van der Waals surface area contributed by atoms with Crippen molar-refractivity contribution >= 4 is 52.3 Å². The highest BCUT2D eigenvalue weighted by atomic mass is 35.5. The Hall–Kier alpha value is -2.55. The second-order valence-electron chi connectivity index (χ2n) is 6.18. The lowest BCUT2D eigenvalue weighted by molar-refractivity contribution is -0.123. The fourth-order valence-corrected chi connectivity index (χ4v) is 2.80. The molecule has 0 aliphatic rings. The van der Waals surface area contributed by atoms with E-state index < -0.39 is 5.91 Å². The molecule has 2 aromatic rings. The van der Waals surface area contributed by atoms with Gasteiger partial charge in [0.25, 0.3) is 5.91 Å². The summed E-state index contributed by atoms with van der Waals surface area (Å²) in [4.78, 5) is 23.6. The largest absolute Gasteiger partial charge is 0.492 e. The maximum absolute atomic E-state index is 11.8. The first-order valence-corrected chi connectivity index (χ1v) is 10.2. The number of halogens is 2. The highest BCUT2D eigenvalue weighted by Crippen LogP contribution is 2.27. The van der Waals surface area contributed by atoms with E-state index in [1.54, 1.807) is 30.3 Å². The molecule has 30 heavy (non-hydrogen) atoms. The Morgan fingerprint density at radius 1 is 1.00 bits per heavy atom. The van der Waals surface area contributed by atoms with Gasteiger partial charge >= 0.3 is 0 Å². The van der Waals surface area contributed by atoms with E-state index >= 15 is 0 Å². The van der Waals surface area contributed by atoms with Crippen LogP contribution < -0.4 is 25.6 Å². The molecule has 0 aliphatic carbocycles. The molecule has 0 fully saturated rings. The summed E-state index contributed by atoms with van der Waals surface area (Å²) >= 11 is 16.8. The van der Waals surface area contributed by atoms with E-state index in [0.29, 0.717) is 34.6 Å². The van der Waals surface area contributed by atoms with Crippen LogP contribution >= 0.6 is 35.4 Å². The predicted molar refractivity (Wildman–Crippen MR) is 120 cm³/mol. The Labute approximate surface area is 190 Å². The average Bonchev–Trinajstić information content (AvgIpc) is 2.70. The molecule has 0 aliphatic heterocycles. The second kappa shape index (κ2) is 12.2. The molecule has 0 unspecified atom stereocenters. The Morgan fingerprint density at radius 2 is 1.73 bits per heavy atom. The van der Waals surface area contributed by atoms with E-state index in [2.05, 4.69) is 16.2 Å². The number of benzene rings is 2. The molecule has 2 rings (SSSR count). The van der Waals surface area contributed by atoms with Gasteiger partial charge in [-0.15, -0.1) is 0 Å². The van der Waals surface area contributed by atoms with Gasteiger partial charge in [-0.2, -0.15) is 0 Å². The molecular weight excluding hydrogens is 449 g/mol. The summed E-state index contributed by atoms with van der Waals surface area (Å²) in [6.07, 6.45) is 0.640. The van der Waals surface area contributed by atoms with E-state index in [9.17, 15) is 9.59 Å². The zero-order valence-corrected chi connectivity index (χ0v) is 18.5. The molecule has 0 bridgehead atoms. The van der Waals surface area contributed by atoms with Crippen LogP contribution in [0.3, 0.4) is 0 Å². The second-order valence-corrected chi connectivity index (χ2v) is 7.43. The molecule has 7 nitrogen and oxygen atoms in total. The Bertz CT molecular complexity index is 894. The van der Waals surface area contributed by atoms with Gasteiger partial charge in [0.1, 0.15) is 11.5 Å². The minimum atomic E-state index is -0.449. The van der Waals surface area contributed by atoms with Crippen molar-refractivity contribution < 1.29 is 19.1 Å². The number of hydrazine groups is 1. The number of hydrogen-bond acceptors (Lipinski definition) is 5. The molecule has 0 atom stereocenters. The number of carbonyl (C=O) groups excluding carboxylic acids is 2. The van der Waals surface area contributed by atoms with Gasteiger partial charge < -0.3 is 9.47 Å². The minimum absolute atomic E-state index is 0.0370. The van der Waals surface area contributed by atoms with Gasteiger partial charge in [-0.3, -0.25) is 25.8 Å². The lowest BCUT2D eigenvalue weighted by Gasteiger charge is -2.12. The summed E-state index contributed by atoms with van der Waals surface area (Å²) < 4.78 is 10.9. The third-order valence-corrected chi connectivity index (χ3v) is 4.39. The molecule has 160 valence electrons. The van der Waals surface area contributed by atoms with Gasteiger partial charge in [-0.1, -0.05) is 40.9 Å². The molecule has 0 aromatic heterocycles. The predicted octanol–water partition coefficient (Wildman–Crippen LogP) is 3.56. The van der Waals surface area contributed by atoms with E-state index in [1.165, 1.54) is 0 Å². The van der Waals surface area contributed by atoms with Crippen LogP contribution in [-0.4, -0.2) is 30.1 Å². The highest BCUT2D eigenvalue weighted by Gasteiger charge is 2.08. The maximum Gasteiger partial charge on any atom is 0.264 e. The van der Waals surface area contributed by atoms with Gasteiger partial charge in [0.05, 0.1) is 11.6 Å². The summed E-state index contributed by atoms with van der Waals surface area (Å²) in [6, 6.07) is 12.2. The molecule has 3 N–H and O–H groups in total. The van der Waals surface area contributed by atoms with Crippen molar-refractivity contribution in [2.24, 2.45) is 0 Å². The molecule has 0 heterocycles. The molecule has 2 amide bonds. The Balaban J connectivity index is 1.57. The smallest absolute Gasteiger partial charge is 0.264 e. The monoisotopic (exact) mass is 469 g/mol. The number of aryl methyl sites for hydroxylation is 1. The van der Waals surface area contributed by atoms with Crippen LogP contribution in [0.15, 0.2) is 42.5 Å². The van der Waals surface area contributed by atoms with Crippen molar-refractivity contribution in [1.29, 1.82) is 0 Å². The zero-order chi connectivity index (χ0) is 21.9. The number of hydrogen-bond donors (Lipinski definition) is 3. The van der Waals surface area contributed by atoms with Crippen molar-refractivity contribution in [3.8, 4) is 11.5 Å². The third-order valence-electron chi connectivity index (χ3n) is 3.66. The quantitative estimate of drug-likeness (QED) is 0.311. The van der Waals surface area contributed by atoms with Crippen LogP contribution in [0.4, 0.5) is 0 Å². The number of thiocarbonyl (C=S) groups is 1. The van der Waals surface area contributed by atoms with E-state index in [4.69, 9.17) is 44.9 Å². The van der Waals surface area contributed by atoms with E-state index in [-0.39, 0.29) is 24.0 Å². The summed E-state index contributed by atoms with van der Waals surface area (Å²) in [7, 11) is 0. The summed E-state index contributed by atoms with van der Waals surface area (Å²) in [5.41, 5.74) is 5.95. The van der Waals surface area contributed by atoms with Crippen molar-refractivity contribution in [3.63, 3.8) is 0 Å². The highest BCUT2D eigenvalue weighted by molar-refractivity contribution is 7.80. The van der Waals surface area contributed by atoms with Crippen LogP contribution in [0.2, 0.25) is 10.0 Å². The standard InChI is InChI=1S/C20H21Cl2N3O4S/c1-13-4-7-15(8-5-13)29-12-19(27)23-20(30)25-24-18(26)3-2-10-28-17-9-6-14(21)11-16(17)22/h4-9,11H,2-3,10,12H2,1H3,(H,24,26)(H2,23,25,27,30). The van der Waals surface area contributed by atoms with Crippen molar-refractivity contribution in [1.82, 2.24) is 16.2 Å². The number of rotatable bonds is 8. The van der Waals surface area contributed by atoms with Crippen LogP contribution in [0.25, 0.3) is 0 Å². The van der Waals surface area contributed by atoms with E-state index in [1.807, 2.05) is 19.1 Å². The van der Waals surface area contributed by atoms with Gasteiger partial charge in [0.15, 0.2) is 11.7 Å².